The molecule has 7 nitrogen and oxygen atoms in total. The van der Waals surface area contributed by atoms with Crippen LogP contribution in [0.3, 0.4) is 0 Å². The molecule has 0 N–H and O–H groups in total. The minimum atomic E-state index is -0.526. The molecule has 0 aliphatic carbocycles. The number of methoxy groups -OCH3 is 2. The van der Waals surface area contributed by atoms with Crippen molar-refractivity contribution in [2.75, 3.05) is 27.4 Å². The summed E-state index contributed by atoms with van der Waals surface area (Å²) >= 11 is 0. The van der Waals surface area contributed by atoms with Gasteiger partial charge in [0, 0.05) is 5.56 Å². The van der Waals surface area contributed by atoms with Crippen molar-refractivity contribution >= 4 is 17.9 Å². The van der Waals surface area contributed by atoms with Crippen LogP contribution in [0.4, 0.5) is 0 Å². The van der Waals surface area contributed by atoms with Gasteiger partial charge in [-0.15, -0.1) is 0 Å². The molecule has 0 fully saturated rings. The van der Waals surface area contributed by atoms with E-state index in [-0.39, 0.29) is 11.6 Å². The second-order valence-corrected chi connectivity index (χ2v) is 5.82. The summed E-state index contributed by atoms with van der Waals surface area (Å²) in [5, 5.41) is 0. The number of fused-ring (bicyclic) bond motifs is 1. The lowest BCUT2D eigenvalue weighted by atomic mass is 10.1. The monoisotopic (exact) mass is 367 g/mol. The smallest absolute Gasteiger partial charge is 0.363 e. The molecule has 0 saturated carbocycles. The molecule has 0 spiro atoms. The van der Waals surface area contributed by atoms with Crippen LogP contribution in [0.15, 0.2) is 47.1 Å². The number of rotatable bonds is 4. The molecule has 138 valence electrons. The van der Waals surface area contributed by atoms with E-state index in [1.54, 1.807) is 56.7 Å². The Morgan fingerprint density at radius 1 is 1.07 bits per heavy atom. The number of carbonyl (C=O) groups is 1. The molecule has 0 atom stereocenters. The van der Waals surface area contributed by atoms with Crippen LogP contribution in [0.1, 0.15) is 11.1 Å². The highest BCUT2D eigenvalue weighted by molar-refractivity contribution is 6.13. The molecule has 2 heterocycles. The average molecular weight is 367 g/mol. The van der Waals surface area contributed by atoms with E-state index in [0.717, 1.165) is 0 Å². The Hall–Kier alpha value is -3.48. The third kappa shape index (κ3) is 3.31. The van der Waals surface area contributed by atoms with E-state index in [1.807, 2.05) is 0 Å². The zero-order chi connectivity index (χ0) is 18.8. The minimum Gasteiger partial charge on any atom is -0.497 e. The van der Waals surface area contributed by atoms with Gasteiger partial charge in [0.2, 0.25) is 11.6 Å². The van der Waals surface area contributed by atoms with Crippen LogP contribution >= 0.6 is 0 Å². The number of hydrogen-bond donors (Lipinski definition) is 0. The summed E-state index contributed by atoms with van der Waals surface area (Å²) in [7, 11) is 3.12. The maximum absolute atomic E-state index is 12.2. The maximum Gasteiger partial charge on any atom is 0.363 e. The third-order valence-electron chi connectivity index (χ3n) is 4.09. The number of cyclic esters (lactones) is 1. The average Bonchev–Trinajstić information content (AvgIpc) is 3.07. The molecule has 0 aromatic heterocycles. The third-order valence-corrected chi connectivity index (χ3v) is 4.09. The first kappa shape index (κ1) is 17.0. The molecular formula is C20H17NO6. The topological polar surface area (TPSA) is 75.6 Å². The molecular weight excluding hydrogens is 350 g/mol. The Morgan fingerprint density at radius 2 is 1.93 bits per heavy atom. The first-order valence-electron chi connectivity index (χ1n) is 8.32. The predicted octanol–water partition coefficient (Wildman–Crippen LogP) is 2.82. The molecule has 2 aromatic carbocycles. The summed E-state index contributed by atoms with van der Waals surface area (Å²) in [6.45, 7) is 0.917. The maximum atomic E-state index is 12.2. The number of carbonyl (C=O) groups excluding carboxylic acids is 1. The highest BCUT2D eigenvalue weighted by Gasteiger charge is 2.25. The predicted molar refractivity (Wildman–Crippen MR) is 97.6 cm³/mol. The summed E-state index contributed by atoms with van der Waals surface area (Å²) in [6.07, 6.45) is 1.62. The lowest BCUT2D eigenvalue weighted by molar-refractivity contribution is -0.129. The molecule has 0 unspecified atom stereocenters. The molecule has 0 amide bonds. The van der Waals surface area contributed by atoms with Gasteiger partial charge >= 0.3 is 5.97 Å². The molecule has 0 bridgehead atoms. The van der Waals surface area contributed by atoms with Gasteiger partial charge in [0.25, 0.3) is 0 Å². The van der Waals surface area contributed by atoms with Crippen LogP contribution in [0.5, 0.6) is 23.0 Å². The van der Waals surface area contributed by atoms with Crippen LogP contribution in [-0.2, 0) is 9.53 Å². The number of nitrogens with zero attached hydrogens (tertiary/aromatic N) is 1. The zero-order valence-corrected chi connectivity index (χ0v) is 14.9. The second-order valence-electron chi connectivity index (χ2n) is 5.82. The highest BCUT2D eigenvalue weighted by Crippen LogP contribution is 2.41. The van der Waals surface area contributed by atoms with Crippen molar-refractivity contribution in [2.45, 2.75) is 0 Å². The SMILES string of the molecule is COc1cccc(C2=N/C(=C\c3cc(OC)c4c(c3)OCCO4)C(=O)O2)c1. The largest absolute Gasteiger partial charge is 0.497 e. The van der Waals surface area contributed by atoms with Gasteiger partial charge in [-0.05, 0) is 42.0 Å². The van der Waals surface area contributed by atoms with Gasteiger partial charge in [0.1, 0.15) is 19.0 Å². The second kappa shape index (κ2) is 7.03. The fourth-order valence-corrected chi connectivity index (χ4v) is 2.82. The van der Waals surface area contributed by atoms with Crippen molar-refractivity contribution in [1.29, 1.82) is 0 Å². The van der Waals surface area contributed by atoms with E-state index in [4.69, 9.17) is 23.7 Å². The summed E-state index contributed by atoms with van der Waals surface area (Å²) in [5.41, 5.74) is 1.54. The van der Waals surface area contributed by atoms with Crippen LogP contribution in [0, 0.1) is 0 Å². The molecule has 7 heteroatoms. The molecule has 2 aliphatic heterocycles. The van der Waals surface area contributed by atoms with Gasteiger partial charge in [-0.25, -0.2) is 9.79 Å². The van der Waals surface area contributed by atoms with Gasteiger partial charge < -0.3 is 23.7 Å². The van der Waals surface area contributed by atoms with Crippen molar-refractivity contribution in [1.82, 2.24) is 0 Å². The molecule has 0 radical (unpaired) electrons. The quantitative estimate of drug-likeness (QED) is 0.611. The first-order chi connectivity index (χ1) is 13.2. The Morgan fingerprint density at radius 3 is 2.74 bits per heavy atom. The summed E-state index contributed by atoms with van der Waals surface area (Å²) in [6, 6.07) is 10.7. The molecule has 0 saturated heterocycles. The zero-order valence-electron chi connectivity index (χ0n) is 14.9. The Labute approximate surface area is 155 Å². The van der Waals surface area contributed by atoms with Gasteiger partial charge in [0.05, 0.1) is 14.2 Å². The van der Waals surface area contributed by atoms with Crippen molar-refractivity contribution in [2.24, 2.45) is 4.99 Å². The van der Waals surface area contributed by atoms with Crippen molar-refractivity contribution in [3.8, 4) is 23.0 Å². The van der Waals surface area contributed by atoms with E-state index in [1.165, 1.54) is 0 Å². The van der Waals surface area contributed by atoms with Crippen LogP contribution in [-0.4, -0.2) is 39.3 Å². The van der Waals surface area contributed by atoms with Crippen molar-refractivity contribution in [3.63, 3.8) is 0 Å². The van der Waals surface area contributed by atoms with E-state index in [9.17, 15) is 4.79 Å². The van der Waals surface area contributed by atoms with Gasteiger partial charge in [0.15, 0.2) is 17.2 Å². The van der Waals surface area contributed by atoms with Crippen molar-refractivity contribution in [3.05, 3.63) is 53.2 Å². The number of ether oxygens (including phenoxy) is 5. The highest BCUT2D eigenvalue weighted by atomic mass is 16.6. The van der Waals surface area contributed by atoms with Crippen molar-refractivity contribution < 1.29 is 28.5 Å². The number of hydrogen-bond acceptors (Lipinski definition) is 7. The Bertz CT molecular complexity index is 946. The van der Waals surface area contributed by atoms with E-state index < -0.39 is 5.97 Å². The fourth-order valence-electron chi connectivity index (χ4n) is 2.82. The van der Waals surface area contributed by atoms with Crippen LogP contribution in [0.25, 0.3) is 6.08 Å². The Kier molecular flexibility index (Phi) is 4.42. The standard InChI is InChI=1S/C20H17NO6/c1-23-14-5-3-4-13(11-14)19-21-15(20(22)27-19)8-12-9-16(24-2)18-17(10-12)25-6-7-26-18/h3-5,8-11H,6-7H2,1-2H3/b15-8-. The number of aliphatic imine (C=N–C) groups is 1. The molecule has 27 heavy (non-hydrogen) atoms. The van der Waals surface area contributed by atoms with Gasteiger partial charge in [-0.1, -0.05) is 6.07 Å². The molecule has 2 aliphatic rings. The van der Waals surface area contributed by atoms with E-state index in [2.05, 4.69) is 4.99 Å². The number of esters is 1. The fraction of sp³-hybridized carbons (Fsp3) is 0.200. The van der Waals surface area contributed by atoms with Crippen LogP contribution < -0.4 is 18.9 Å². The number of benzene rings is 2. The van der Waals surface area contributed by atoms with Crippen LogP contribution in [0.2, 0.25) is 0 Å². The summed E-state index contributed by atoms with van der Waals surface area (Å²) in [5.74, 6) is 2.01. The van der Waals surface area contributed by atoms with E-state index >= 15 is 0 Å². The molecule has 2 aromatic rings. The van der Waals surface area contributed by atoms with Gasteiger partial charge in [-0.2, -0.15) is 0 Å². The molecule has 4 rings (SSSR count). The minimum absolute atomic E-state index is 0.187. The normalized spacial score (nSPS) is 16.7. The van der Waals surface area contributed by atoms with Gasteiger partial charge in [-0.3, -0.25) is 0 Å². The summed E-state index contributed by atoms with van der Waals surface area (Å²) < 4.78 is 27.1. The Balaban J connectivity index is 1.69. The first-order valence-corrected chi connectivity index (χ1v) is 8.32. The lowest BCUT2D eigenvalue weighted by Crippen LogP contribution is -2.16. The lowest BCUT2D eigenvalue weighted by Gasteiger charge is -2.20. The van der Waals surface area contributed by atoms with E-state index in [0.29, 0.717) is 47.3 Å². The summed E-state index contributed by atoms with van der Waals surface area (Å²) in [4.78, 5) is 16.6.